The van der Waals surface area contributed by atoms with E-state index in [1.54, 1.807) is 0 Å². The average molecular weight is 301 g/mol. The van der Waals surface area contributed by atoms with Gasteiger partial charge in [0.15, 0.2) is 6.10 Å². The monoisotopic (exact) mass is 301 g/mol. The van der Waals surface area contributed by atoms with Gasteiger partial charge in [0, 0.05) is 25.4 Å². The molecule has 2 heterocycles. The van der Waals surface area contributed by atoms with Crippen LogP contribution in [0.15, 0.2) is 11.3 Å². The van der Waals surface area contributed by atoms with Crippen LogP contribution in [0.3, 0.4) is 0 Å². The first-order valence-electron chi connectivity index (χ1n) is 5.92. The van der Waals surface area contributed by atoms with Crippen LogP contribution in [0.4, 0.5) is 0 Å². The minimum atomic E-state index is -0.611. The molecule has 1 amide bonds. The van der Waals surface area contributed by atoms with Crippen molar-refractivity contribution in [1.82, 2.24) is 4.90 Å². The zero-order valence-corrected chi connectivity index (χ0v) is 12.2. The fraction of sp³-hybridized carbons (Fsp3) is 0.583. The topological polar surface area (TPSA) is 82.1 Å². The van der Waals surface area contributed by atoms with Crippen molar-refractivity contribution in [3.63, 3.8) is 0 Å². The second-order valence-electron chi connectivity index (χ2n) is 4.29. The maximum Gasteiger partial charge on any atom is 0.354 e. The van der Waals surface area contributed by atoms with Crippen molar-refractivity contribution in [3.8, 4) is 0 Å². The van der Waals surface area contributed by atoms with E-state index in [4.69, 9.17) is 14.2 Å². The molecular formula is C12H15NO6S. The molecule has 20 heavy (non-hydrogen) atoms. The molecule has 1 fully saturated rings. The van der Waals surface area contributed by atoms with Gasteiger partial charge in [0.05, 0.1) is 7.11 Å². The number of hydrogen-bond acceptors (Lipinski definition) is 7. The number of hydrogen-bond donors (Lipinski definition) is 0. The third-order valence-electron chi connectivity index (χ3n) is 3.08. The minimum absolute atomic E-state index is 0.0269. The molecule has 1 saturated heterocycles. The molecule has 7 nitrogen and oxygen atoms in total. The summed E-state index contributed by atoms with van der Waals surface area (Å²) >= 11 is 1.46. The summed E-state index contributed by atoms with van der Waals surface area (Å²) in [6, 6.07) is 0. The first-order chi connectivity index (χ1) is 9.51. The fourth-order valence-electron chi connectivity index (χ4n) is 2.12. The van der Waals surface area contributed by atoms with E-state index in [1.165, 1.54) is 37.8 Å². The van der Waals surface area contributed by atoms with Crippen LogP contribution >= 0.6 is 11.8 Å². The largest absolute Gasteiger partial charge is 0.464 e. The van der Waals surface area contributed by atoms with Crippen LogP contribution in [0.5, 0.6) is 0 Å². The highest BCUT2D eigenvalue weighted by atomic mass is 32.2. The Hall–Kier alpha value is -1.54. The molecular weight excluding hydrogens is 286 g/mol. The van der Waals surface area contributed by atoms with Gasteiger partial charge < -0.3 is 14.2 Å². The summed E-state index contributed by atoms with van der Waals surface area (Å²) in [6.07, 6.45) is -0.546. The van der Waals surface area contributed by atoms with Crippen molar-refractivity contribution in [2.75, 3.05) is 26.6 Å². The molecule has 0 aromatic heterocycles. The van der Waals surface area contributed by atoms with Crippen molar-refractivity contribution in [2.24, 2.45) is 0 Å². The number of thioether (sulfide) groups is 1. The molecule has 2 rings (SSSR count). The number of nitrogens with zero attached hydrogens (tertiary/aromatic N) is 1. The van der Waals surface area contributed by atoms with Crippen molar-refractivity contribution >= 4 is 29.6 Å². The third-order valence-corrected chi connectivity index (χ3v) is 4.40. The summed E-state index contributed by atoms with van der Waals surface area (Å²) < 4.78 is 14.7. The fourth-order valence-corrected chi connectivity index (χ4v) is 3.47. The lowest BCUT2D eigenvalue weighted by molar-refractivity contribution is -0.162. The smallest absolute Gasteiger partial charge is 0.354 e. The molecule has 2 aliphatic rings. The van der Waals surface area contributed by atoms with Gasteiger partial charge in [-0.25, -0.2) is 4.79 Å². The van der Waals surface area contributed by atoms with Gasteiger partial charge in [-0.2, -0.15) is 0 Å². The molecule has 0 aliphatic carbocycles. The maximum atomic E-state index is 12.0. The van der Waals surface area contributed by atoms with E-state index < -0.39 is 18.0 Å². The Labute approximate surface area is 120 Å². The van der Waals surface area contributed by atoms with Gasteiger partial charge in [0.2, 0.25) is 0 Å². The van der Waals surface area contributed by atoms with E-state index >= 15 is 0 Å². The summed E-state index contributed by atoms with van der Waals surface area (Å²) in [4.78, 5) is 36.1. The molecule has 110 valence electrons. The molecule has 0 unspecified atom stereocenters. The number of carbonyl (C=O) groups excluding carboxylic acids is 3. The highest BCUT2D eigenvalue weighted by Crippen LogP contribution is 2.41. The van der Waals surface area contributed by atoms with Crippen molar-refractivity contribution in [1.29, 1.82) is 0 Å². The number of carbonyl (C=O) groups is 3. The Morgan fingerprint density at radius 1 is 1.40 bits per heavy atom. The molecule has 0 aromatic carbocycles. The molecule has 8 heteroatoms. The van der Waals surface area contributed by atoms with Crippen LogP contribution in [-0.2, 0) is 28.6 Å². The summed E-state index contributed by atoms with van der Waals surface area (Å²) in [5.74, 6) is -0.865. The van der Waals surface area contributed by atoms with Gasteiger partial charge in [-0.3, -0.25) is 14.5 Å². The summed E-state index contributed by atoms with van der Waals surface area (Å²) in [6.45, 7) is 1.26. The number of ether oxygens (including phenoxy) is 3. The molecule has 0 saturated carbocycles. The van der Waals surface area contributed by atoms with Gasteiger partial charge >= 0.3 is 11.9 Å². The molecule has 0 N–H and O–H groups in total. The standard InChI is InChI=1S/C12H15NO6S/c1-6(14)19-4-7-5-20-11-9(17-2)10(15)13(11)8(7)12(16)18-3/h9,11H,4-5H2,1-3H3/t9-,11+/m0/s1. The Bertz CT molecular complexity index is 488. The predicted molar refractivity (Wildman–Crippen MR) is 69.6 cm³/mol. The van der Waals surface area contributed by atoms with E-state index in [9.17, 15) is 14.4 Å². The van der Waals surface area contributed by atoms with Gasteiger partial charge in [-0.1, -0.05) is 0 Å². The lowest BCUT2D eigenvalue weighted by Crippen LogP contribution is -2.65. The summed E-state index contributed by atoms with van der Waals surface area (Å²) in [7, 11) is 2.70. The second kappa shape index (κ2) is 5.84. The normalized spacial score (nSPS) is 24.9. The Kier molecular flexibility index (Phi) is 4.34. The minimum Gasteiger partial charge on any atom is -0.464 e. The lowest BCUT2D eigenvalue weighted by Gasteiger charge is -2.48. The zero-order valence-electron chi connectivity index (χ0n) is 11.4. The first-order valence-corrected chi connectivity index (χ1v) is 6.97. The number of methoxy groups -OCH3 is 2. The van der Waals surface area contributed by atoms with Crippen LogP contribution < -0.4 is 0 Å². The van der Waals surface area contributed by atoms with E-state index in [0.717, 1.165) is 0 Å². The quantitative estimate of drug-likeness (QED) is 0.530. The molecule has 0 aromatic rings. The number of esters is 2. The van der Waals surface area contributed by atoms with Gasteiger partial charge in [0.1, 0.15) is 17.7 Å². The van der Waals surface area contributed by atoms with E-state index in [1.807, 2.05) is 0 Å². The van der Waals surface area contributed by atoms with Gasteiger partial charge in [0.25, 0.3) is 5.91 Å². The highest BCUT2D eigenvalue weighted by molar-refractivity contribution is 8.00. The van der Waals surface area contributed by atoms with Crippen LogP contribution in [-0.4, -0.2) is 60.8 Å². The second-order valence-corrected chi connectivity index (χ2v) is 5.40. The summed E-state index contributed by atoms with van der Waals surface area (Å²) in [5.41, 5.74) is 0.729. The van der Waals surface area contributed by atoms with Crippen LogP contribution in [0.1, 0.15) is 6.92 Å². The Morgan fingerprint density at radius 3 is 2.65 bits per heavy atom. The number of amides is 1. The van der Waals surface area contributed by atoms with Crippen LogP contribution in [0.2, 0.25) is 0 Å². The molecule has 0 radical (unpaired) electrons. The molecule has 0 bridgehead atoms. The van der Waals surface area contributed by atoms with Gasteiger partial charge in [-0.15, -0.1) is 11.8 Å². The first kappa shape index (κ1) is 14.9. The summed E-state index contributed by atoms with van der Waals surface area (Å²) in [5, 5.41) is -0.234. The van der Waals surface area contributed by atoms with E-state index in [-0.39, 0.29) is 23.6 Å². The zero-order chi connectivity index (χ0) is 14.9. The maximum absolute atomic E-state index is 12.0. The highest BCUT2D eigenvalue weighted by Gasteiger charge is 2.54. The Morgan fingerprint density at radius 2 is 2.10 bits per heavy atom. The molecule has 2 atom stereocenters. The number of β-lactam (4-membered cyclic amide) rings is 1. The van der Waals surface area contributed by atoms with Crippen molar-refractivity contribution in [2.45, 2.75) is 18.4 Å². The van der Waals surface area contributed by atoms with E-state index in [2.05, 4.69) is 0 Å². The average Bonchev–Trinajstić information content (AvgIpc) is 2.43. The molecule has 0 spiro atoms. The van der Waals surface area contributed by atoms with E-state index in [0.29, 0.717) is 11.3 Å². The van der Waals surface area contributed by atoms with Crippen molar-refractivity contribution in [3.05, 3.63) is 11.3 Å². The lowest BCUT2D eigenvalue weighted by atomic mass is 10.1. The van der Waals surface area contributed by atoms with Crippen LogP contribution in [0.25, 0.3) is 0 Å². The van der Waals surface area contributed by atoms with Gasteiger partial charge in [-0.05, 0) is 0 Å². The number of fused-ring (bicyclic) bond motifs is 1. The van der Waals surface area contributed by atoms with Crippen LogP contribution in [0, 0.1) is 0 Å². The Balaban J connectivity index is 2.28. The predicted octanol–water partition coefficient (Wildman–Crippen LogP) is -0.0933. The van der Waals surface area contributed by atoms with Crippen molar-refractivity contribution < 1.29 is 28.6 Å². The third kappa shape index (κ3) is 2.40. The number of rotatable bonds is 4. The molecule has 2 aliphatic heterocycles. The SMILES string of the molecule is COC(=O)C1=C(COC(C)=O)CS[C@@H]2[C@@H](OC)C(=O)N12.